The van der Waals surface area contributed by atoms with E-state index in [1.807, 2.05) is 6.92 Å². The number of hydrogen-bond acceptors (Lipinski definition) is 5. The number of hydrogen-bond donors (Lipinski definition) is 3. The number of aromatic nitrogens is 2. The van der Waals surface area contributed by atoms with E-state index in [0.29, 0.717) is 23.7 Å². The van der Waals surface area contributed by atoms with Crippen molar-refractivity contribution >= 4 is 40.5 Å². The number of anilines is 3. The summed E-state index contributed by atoms with van der Waals surface area (Å²) in [5.41, 5.74) is 3.64. The summed E-state index contributed by atoms with van der Waals surface area (Å²) in [5, 5.41) is 3.31. The summed E-state index contributed by atoms with van der Waals surface area (Å²) in [6.07, 6.45) is 1.99. The van der Waals surface area contributed by atoms with E-state index in [2.05, 4.69) is 20.7 Å². The van der Waals surface area contributed by atoms with Gasteiger partial charge in [-0.2, -0.15) is 0 Å². The molecule has 8 heteroatoms. The summed E-state index contributed by atoms with van der Waals surface area (Å²) >= 11 is 12.0. The second-order valence-corrected chi connectivity index (χ2v) is 4.73. The van der Waals surface area contributed by atoms with Crippen molar-refractivity contribution in [3.63, 3.8) is 0 Å². The lowest BCUT2D eigenvalue weighted by Gasteiger charge is -2.14. The molecule has 1 aromatic carbocycles. The van der Waals surface area contributed by atoms with Gasteiger partial charge in [0.05, 0.1) is 15.7 Å². The molecule has 0 saturated heterocycles. The van der Waals surface area contributed by atoms with E-state index < -0.39 is 5.82 Å². The Bertz CT molecular complexity index is 612. The molecular weight excluding hydrogens is 304 g/mol. The summed E-state index contributed by atoms with van der Waals surface area (Å²) in [6, 6.07) is 2.34. The summed E-state index contributed by atoms with van der Waals surface area (Å²) in [7, 11) is 0. The van der Waals surface area contributed by atoms with Crippen molar-refractivity contribution in [2.45, 2.75) is 13.3 Å². The van der Waals surface area contributed by atoms with Crippen LogP contribution in [0.3, 0.4) is 0 Å². The molecule has 0 fully saturated rings. The lowest BCUT2D eigenvalue weighted by Crippen LogP contribution is -2.13. The Morgan fingerprint density at radius 2 is 1.80 bits per heavy atom. The van der Waals surface area contributed by atoms with Crippen LogP contribution < -0.4 is 16.6 Å². The third-order valence-corrected chi connectivity index (χ3v) is 3.28. The zero-order valence-electron chi connectivity index (χ0n) is 10.5. The van der Waals surface area contributed by atoms with Crippen LogP contribution in [0.25, 0.3) is 0 Å². The van der Waals surface area contributed by atoms with Gasteiger partial charge in [0.25, 0.3) is 0 Å². The number of nitrogens with two attached hydrogens (primary N) is 1. The number of benzene rings is 1. The van der Waals surface area contributed by atoms with Crippen molar-refractivity contribution in [1.29, 1.82) is 0 Å². The molecule has 1 heterocycles. The molecule has 0 aliphatic rings. The molecule has 0 aliphatic carbocycles. The monoisotopic (exact) mass is 315 g/mol. The number of nitrogen functional groups attached to an aromatic ring is 1. The third-order valence-electron chi connectivity index (χ3n) is 2.69. The fourth-order valence-corrected chi connectivity index (χ4v) is 2.31. The van der Waals surface area contributed by atoms with Gasteiger partial charge < -0.3 is 10.7 Å². The highest BCUT2D eigenvalue weighted by atomic mass is 35.5. The lowest BCUT2D eigenvalue weighted by atomic mass is 10.2. The van der Waals surface area contributed by atoms with Crippen LogP contribution in [0.2, 0.25) is 10.0 Å². The summed E-state index contributed by atoms with van der Waals surface area (Å²) in [4.78, 5) is 8.15. The normalized spacial score (nSPS) is 10.4. The minimum absolute atomic E-state index is 0.165. The van der Waals surface area contributed by atoms with E-state index in [1.54, 1.807) is 0 Å². The Balaban J connectivity index is 2.45. The first-order valence-electron chi connectivity index (χ1n) is 5.78. The van der Waals surface area contributed by atoms with Gasteiger partial charge in [0.2, 0.25) is 0 Å². The molecule has 20 heavy (non-hydrogen) atoms. The molecular formula is C12H12Cl2FN5. The van der Waals surface area contributed by atoms with Gasteiger partial charge in [-0.3, -0.25) is 0 Å². The van der Waals surface area contributed by atoms with Crippen molar-refractivity contribution in [2.75, 3.05) is 10.7 Å². The Morgan fingerprint density at radius 1 is 1.20 bits per heavy atom. The first-order valence-corrected chi connectivity index (χ1v) is 6.54. The average Bonchev–Trinajstić information content (AvgIpc) is 2.42. The van der Waals surface area contributed by atoms with Crippen molar-refractivity contribution in [2.24, 2.45) is 5.84 Å². The van der Waals surface area contributed by atoms with Crippen LogP contribution in [0.1, 0.15) is 12.5 Å². The first-order chi connectivity index (χ1) is 9.56. The molecule has 1 aromatic heterocycles. The van der Waals surface area contributed by atoms with E-state index >= 15 is 0 Å². The van der Waals surface area contributed by atoms with Crippen LogP contribution in [0.15, 0.2) is 18.5 Å². The van der Waals surface area contributed by atoms with E-state index in [4.69, 9.17) is 29.0 Å². The minimum Gasteiger partial charge on any atom is -0.337 e. The maximum Gasteiger partial charge on any atom is 0.148 e. The van der Waals surface area contributed by atoms with Crippen molar-refractivity contribution in [3.05, 3.63) is 39.9 Å². The van der Waals surface area contributed by atoms with Crippen LogP contribution >= 0.6 is 23.2 Å². The van der Waals surface area contributed by atoms with Crippen LogP contribution in [0.5, 0.6) is 0 Å². The van der Waals surface area contributed by atoms with Crippen molar-refractivity contribution in [1.82, 2.24) is 9.97 Å². The maximum absolute atomic E-state index is 13.2. The van der Waals surface area contributed by atoms with Crippen molar-refractivity contribution in [3.8, 4) is 0 Å². The zero-order chi connectivity index (χ0) is 14.7. The molecule has 0 radical (unpaired) electrons. The Kier molecular flexibility index (Phi) is 4.59. The standard InChI is InChI=1S/C12H12Cl2FN5/c1-2-7-11(17-5-18-12(7)20-16)19-10-8(13)3-6(15)4-9(10)14/h3-5H,2,16H2,1H3,(H2,17,18,19,20). The highest BCUT2D eigenvalue weighted by molar-refractivity contribution is 6.39. The molecule has 0 amide bonds. The number of rotatable bonds is 4. The van der Waals surface area contributed by atoms with Gasteiger partial charge in [-0.05, 0) is 18.6 Å². The van der Waals surface area contributed by atoms with Crippen molar-refractivity contribution < 1.29 is 4.39 Å². The Labute approximate surface area is 125 Å². The number of halogens is 3. The van der Waals surface area contributed by atoms with Crippen LogP contribution in [-0.2, 0) is 6.42 Å². The highest BCUT2D eigenvalue weighted by Crippen LogP contribution is 2.34. The molecule has 0 aliphatic heterocycles. The van der Waals surface area contributed by atoms with Gasteiger partial charge in [-0.15, -0.1) is 0 Å². The smallest absolute Gasteiger partial charge is 0.148 e. The van der Waals surface area contributed by atoms with Gasteiger partial charge in [0.15, 0.2) is 0 Å². The van der Waals surface area contributed by atoms with Gasteiger partial charge in [0, 0.05) is 5.56 Å². The fraction of sp³-hybridized carbons (Fsp3) is 0.167. The molecule has 106 valence electrons. The second-order valence-electron chi connectivity index (χ2n) is 3.92. The van der Waals surface area contributed by atoms with Gasteiger partial charge in [0.1, 0.15) is 23.8 Å². The van der Waals surface area contributed by atoms with E-state index in [1.165, 1.54) is 18.5 Å². The largest absolute Gasteiger partial charge is 0.337 e. The summed E-state index contributed by atoms with van der Waals surface area (Å²) in [6.45, 7) is 1.93. The van der Waals surface area contributed by atoms with Gasteiger partial charge >= 0.3 is 0 Å². The maximum atomic E-state index is 13.2. The highest BCUT2D eigenvalue weighted by Gasteiger charge is 2.13. The Hall–Kier alpha value is -1.63. The third kappa shape index (κ3) is 2.92. The molecule has 4 N–H and O–H groups in total. The topological polar surface area (TPSA) is 75.9 Å². The van der Waals surface area contributed by atoms with E-state index in [-0.39, 0.29) is 10.0 Å². The van der Waals surface area contributed by atoms with Crippen LogP contribution in [0, 0.1) is 5.82 Å². The first kappa shape index (κ1) is 14.8. The SMILES string of the molecule is CCc1c(NN)ncnc1Nc1c(Cl)cc(F)cc1Cl. The summed E-state index contributed by atoms with van der Waals surface area (Å²) < 4.78 is 13.2. The van der Waals surface area contributed by atoms with E-state index in [0.717, 1.165) is 5.56 Å². The van der Waals surface area contributed by atoms with E-state index in [9.17, 15) is 4.39 Å². The number of hydrazine groups is 1. The predicted molar refractivity (Wildman–Crippen MR) is 78.9 cm³/mol. The van der Waals surface area contributed by atoms with Gasteiger partial charge in [-0.1, -0.05) is 30.1 Å². The molecule has 5 nitrogen and oxygen atoms in total. The zero-order valence-corrected chi connectivity index (χ0v) is 12.1. The summed E-state index contributed by atoms with van der Waals surface area (Å²) in [5.74, 6) is 5.90. The molecule has 0 atom stereocenters. The fourth-order valence-electron chi connectivity index (χ4n) is 1.76. The second kappa shape index (κ2) is 6.21. The van der Waals surface area contributed by atoms with Crippen LogP contribution in [0.4, 0.5) is 21.7 Å². The molecule has 0 unspecified atom stereocenters. The quantitative estimate of drug-likeness (QED) is 0.594. The number of nitrogens with zero attached hydrogens (tertiary/aromatic N) is 2. The molecule has 0 bridgehead atoms. The number of nitrogens with one attached hydrogen (secondary N) is 2. The lowest BCUT2D eigenvalue weighted by molar-refractivity contribution is 0.628. The van der Waals surface area contributed by atoms with Crippen LogP contribution in [-0.4, -0.2) is 9.97 Å². The average molecular weight is 316 g/mol. The molecule has 2 aromatic rings. The predicted octanol–water partition coefficient (Wildman–Crippen LogP) is 3.51. The molecule has 2 rings (SSSR count). The molecule has 0 spiro atoms. The minimum atomic E-state index is -0.506. The van der Waals surface area contributed by atoms with Gasteiger partial charge in [-0.25, -0.2) is 20.2 Å². The Morgan fingerprint density at radius 3 is 2.35 bits per heavy atom. The molecule has 0 saturated carbocycles.